The zero-order valence-corrected chi connectivity index (χ0v) is 13.4. The first-order valence-electron chi connectivity index (χ1n) is 8.08. The molecule has 1 fully saturated rings. The van der Waals surface area contributed by atoms with Crippen molar-refractivity contribution in [2.24, 2.45) is 11.8 Å². The fourth-order valence-corrected chi connectivity index (χ4v) is 2.46. The minimum absolute atomic E-state index is 0.0430. The quantitative estimate of drug-likeness (QED) is 0.521. The highest BCUT2D eigenvalue weighted by Crippen LogP contribution is 2.10. The van der Waals surface area contributed by atoms with Crippen molar-refractivity contribution in [3.05, 3.63) is 36.5 Å². The normalized spacial score (nSPS) is 21.7. The maximum atomic E-state index is 12.0. The van der Waals surface area contributed by atoms with Crippen LogP contribution in [0.1, 0.15) is 12.8 Å². The number of aliphatic hydroxyl groups is 1. The Hall–Kier alpha value is -2.41. The molecule has 24 heavy (non-hydrogen) atoms. The fourth-order valence-electron chi connectivity index (χ4n) is 2.46. The van der Waals surface area contributed by atoms with E-state index in [9.17, 15) is 19.5 Å². The molecule has 3 amide bonds. The lowest BCUT2D eigenvalue weighted by molar-refractivity contribution is -0.129. The van der Waals surface area contributed by atoms with Crippen LogP contribution in [0, 0.1) is 11.8 Å². The first-order valence-corrected chi connectivity index (χ1v) is 8.08. The minimum Gasteiger partial charge on any atom is -0.389 e. The Kier molecular flexibility index (Phi) is 6.74. The number of piperidine rings is 1. The lowest BCUT2D eigenvalue weighted by atomic mass is 9.98. The number of allylic oxidation sites excluding steroid dienone is 4. The summed E-state index contributed by atoms with van der Waals surface area (Å²) in [6.07, 6.45) is 10.8. The van der Waals surface area contributed by atoms with Crippen LogP contribution in [0.15, 0.2) is 36.5 Å². The third-order valence-electron chi connectivity index (χ3n) is 3.93. The van der Waals surface area contributed by atoms with E-state index in [1.54, 1.807) is 24.3 Å². The molecule has 0 spiro atoms. The number of aliphatic hydroxyl groups excluding tert-OH is 1. The van der Waals surface area contributed by atoms with Crippen LogP contribution >= 0.6 is 0 Å². The number of rotatable bonds is 6. The molecule has 0 radical (unpaired) electrons. The van der Waals surface area contributed by atoms with Gasteiger partial charge in [0.25, 0.3) is 0 Å². The first-order chi connectivity index (χ1) is 11.6. The molecule has 4 N–H and O–H groups in total. The molecule has 1 heterocycles. The lowest BCUT2D eigenvalue weighted by Crippen LogP contribution is -2.46. The van der Waals surface area contributed by atoms with E-state index in [4.69, 9.17) is 0 Å². The Balaban J connectivity index is 1.66. The summed E-state index contributed by atoms with van der Waals surface area (Å²) in [6.45, 7) is 0.444. The number of carbonyl (C=O) groups excluding carboxylic acids is 3. The lowest BCUT2D eigenvalue weighted by Gasteiger charge is -2.22. The van der Waals surface area contributed by atoms with Gasteiger partial charge < -0.3 is 21.1 Å². The number of carbonyl (C=O) groups is 3. The Morgan fingerprint density at radius 3 is 2.33 bits per heavy atom. The summed E-state index contributed by atoms with van der Waals surface area (Å²) in [5.41, 5.74) is 0. The summed E-state index contributed by atoms with van der Waals surface area (Å²) >= 11 is 0. The molecule has 2 atom stereocenters. The van der Waals surface area contributed by atoms with E-state index >= 15 is 0 Å². The number of hydrogen-bond donors (Lipinski definition) is 4. The Bertz CT molecular complexity index is 542. The fraction of sp³-hybridized carbons (Fsp3) is 0.471. The van der Waals surface area contributed by atoms with Crippen molar-refractivity contribution in [2.45, 2.75) is 18.9 Å². The van der Waals surface area contributed by atoms with Crippen LogP contribution in [-0.2, 0) is 14.4 Å². The van der Waals surface area contributed by atoms with Gasteiger partial charge in [0.1, 0.15) is 0 Å². The van der Waals surface area contributed by atoms with E-state index in [1.807, 2.05) is 12.2 Å². The molecule has 0 bridgehead atoms. The monoisotopic (exact) mass is 333 g/mol. The predicted molar refractivity (Wildman–Crippen MR) is 88.7 cm³/mol. The van der Waals surface area contributed by atoms with Gasteiger partial charge in [-0.05, 0) is 6.42 Å². The molecule has 2 rings (SSSR count). The molecular formula is C17H23N3O4. The van der Waals surface area contributed by atoms with Gasteiger partial charge in [-0.3, -0.25) is 14.4 Å². The van der Waals surface area contributed by atoms with Crippen molar-refractivity contribution < 1.29 is 19.5 Å². The summed E-state index contributed by atoms with van der Waals surface area (Å²) in [7, 11) is 0. The van der Waals surface area contributed by atoms with Gasteiger partial charge in [0.05, 0.1) is 17.9 Å². The molecule has 0 aromatic rings. The SMILES string of the molecule is O=C1CCC(C(=O)NCC(O)CNC(=O)C2C=CC=CC=C2)CN1. The van der Waals surface area contributed by atoms with E-state index in [0.29, 0.717) is 19.4 Å². The average Bonchev–Trinajstić information content (AvgIpc) is 2.87. The second kappa shape index (κ2) is 9.02. The van der Waals surface area contributed by atoms with E-state index in [0.717, 1.165) is 0 Å². The molecule has 1 aliphatic carbocycles. The van der Waals surface area contributed by atoms with E-state index in [2.05, 4.69) is 16.0 Å². The van der Waals surface area contributed by atoms with Crippen LogP contribution in [0.3, 0.4) is 0 Å². The van der Waals surface area contributed by atoms with Crippen molar-refractivity contribution in [2.75, 3.05) is 19.6 Å². The zero-order chi connectivity index (χ0) is 17.4. The van der Waals surface area contributed by atoms with Crippen molar-refractivity contribution in [1.82, 2.24) is 16.0 Å². The van der Waals surface area contributed by atoms with Crippen LogP contribution in [0.25, 0.3) is 0 Å². The summed E-state index contributed by atoms with van der Waals surface area (Å²) in [5.74, 6) is -1.07. The second-order valence-electron chi connectivity index (χ2n) is 5.86. The Morgan fingerprint density at radius 2 is 1.75 bits per heavy atom. The van der Waals surface area contributed by atoms with Crippen molar-refractivity contribution in [1.29, 1.82) is 0 Å². The van der Waals surface area contributed by atoms with Gasteiger partial charge in [0.2, 0.25) is 17.7 Å². The van der Waals surface area contributed by atoms with Crippen LogP contribution < -0.4 is 16.0 Å². The highest BCUT2D eigenvalue weighted by Gasteiger charge is 2.24. The molecule has 7 nitrogen and oxygen atoms in total. The molecule has 1 aliphatic heterocycles. The zero-order valence-electron chi connectivity index (χ0n) is 13.4. The van der Waals surface area contributed by atoms with Crippen LogP contribution in [-0.4, -0.2) is 48.6 Å². The molecule has 0 saturated carbocycles. The van der Waals surface area contributed by atoms with Gasteiger partial charge in [0.15, 0.2) is 0 Å². The smallest absolute Gasteiger partial charge is 0.230 e. The van der Waals surface area contributed by atoms with Gasteiger partial charge >= 0.3 is 0 Å². The van der Waals surface area contributed by atoms with Gasteiger partial charge in [-0.2, -0.15) is 0 Å². The maximum Gasteiger partial charge on any atom is 0.230 e. The summed E-state index contributed by atoms with van der Waals surface area (Å²) in [6, 6.07) is 0. The Morgan fingerprint density at radius 1 is 1.12 bits per heavy atom. The van der Waals surface area contributed by atoms with E-state index in [-0.39, 0.29) is 42.6 Å². The van der Waals surface area contributed by atoms with Gasteiger partial charge in [-0.15, -0.1) is 0 Å². The van der Waals surface area contributed by atoms with Gasteiger partial charge in [0, 0.05) is 26.1 Å². The number of hydrogen-bond acceptors (Lipinski definition) is 4. The van der Waals surface area contributed by atoms with E-state index in [1.165, 1.54) is 0 Å². The molecule has 0 aromatic heterocycles. The molecule has 7 heteroatoms. The minimum atomic E-state index is -0.868. The van der Waals surface area contributed by atoms with Crippen LogP contribution in [0.2, 0.25) is 0 Å². The third-order valence-corrected chi connectivity index (χ3v) is 3.93. The number of amides is 3. The molecule has 130 valence electrons. The molecule has 2 unspecified atom stereocenters. The highest BCUT2D eigenvalue weighted by atomic mass is 16.3. The number of nitrogens with one attached hydrogen (secondary N) is 3. The summed E-state index contributed by atoms with van der Waals surface area (Å²) in [5, 5.41) is 17.9. The maximum absolute atomic E-state index is 12.0. The summed E-state index contributed by atoms with van der Waals surface area (Å²) in [4.78, 5) is 35.0. The van der Waals surface area contributed by atoms with Gasteiger partial charge in [-0.25, -0.2) is 0 Å². The van der Waals surface area contributed by atoms with Crippen LogP contribution in [0.5, 0.6) is 0 Å². The third kappa shape index (κ3) is 5.66. The van der Waals surface area contributed by atoms with Gasteiger partial charge in [-0.1, -0.05) is 36.5 Å². The molecular weight excluding hydrogens is 310 g/mol. The highest BCUT2D eigenvalue weighted by molar-refractivity contribution is 5.84. The van der Waals surface area contributed by atoms with Crippen molar-refractivity contribution >= 4 is 17.7 Å². The molecule has 1 saturated heterocycles. The Labute approximate surface area is 140 Å². The van der Waals surface area contributed by atoms with Crippen molar-refractivity contribution in [3.8, 4) is 0 Å². The second-order valence-corrected chi connectivity index (χ2v) is 5.86. The van der Waals surface area contributed by atoms with Crippen molar-refractivity contribution in [3.63, 3.8) is 0 Å². The predicted octanol–water partition coefficient (Wildman–Crippen LogP) is -0.596. The standard InChI is InChI=1S/C17H23N3O4/c21-14(10-19-16(23)12-5-3-1-2-4-6-12)11-20-17(24)13-7-8-15(22)18-9-13/h1-6,12-14,21H,7-11H2,(H,18,22)(H,19,23)(H,20,24). The topological polar surface area (TPSA) is 108 Å². The first kappa shape index (κ1) is 17.9. The van der Waals surface area contributed by atoms with Crippen LogP contribution in [0.4, 0.5) is 0 Å². The summed E-state index contributed by atoms with van der Waals surface area (Å²) < 4.78 is 0. The van der Waals surface area contributed by atoms with E-state index < -0.39 is 6.10 Å². The molecule has 2 aliphatic rings. The largest absolute Gasteiger partial charge is 0.389 e. The average molecular weight is 333 g/mol. The molecule has 0 aromatic carbocycles.